The summed E-state index contributed by atoms with van der Waals surface area (Å²) in [5.74, 6) is -3.69. The summed E-state index contributed by atoms with van der Waals surface area (Å²) in [5.41, 5.74) is -1.62. The van der Waals surface area contributed by atoms with Crippen molar-refractivity contribution in [1.82, 2.24) is 0 Å². The molecule has 0 bridgehead atoms. The van der Waals surface area contributed by atoms with E-state index in [1.54, 1.807) is 0 Å². The second kappa shape index (κ2) is 47.2. The van der Waals surface area contributed by atoms with Crippen LogP contribution in [0.3, 0.4) is 0 Å². The van der Waals surface area contributed by atoms with Crippen molar-refractivity contribution in [2.75, 3.05) is 26.4 Å². The maximum absolute atomic E-state index is 12.8. The molecule has 428 valence electrons. The Labute approximate surface area is 493 Å². The van der Waals surface area contributed by atoms with E-state index in [0.29, 0.717) is 25.7 Å². The van der Waals surface area contributed by atoms with Gasteiger partial charge in [0.25, 0.3) is 0 Å². The van der Waals surface area contributed by atoms with Gasteiger partial charge in [-0.2, -0.15) is 0 Å². The maximum atomic E-state index is 12.8. The van der Waals surface area contributed by atoms with Crippen LogP contribution in [0.2, 0.25) is 0 Å². The minimum Gasteiger partial charge on any atom is -0.744 e. The molecule has 14 nitrogen and oxygen atoms in total. The van der Waals surface area contributed by atoms with Gasteiger partial charge < -0.3 is 28.1 Å². The molecule has 0 radical (unpaired) electrons. The van der Waals surface area contributed by atoms with Gasteiger partial charge in [0.15, 0.2) is 0 Å². The van der Waals surface area contributed by atoms with Crippen LogP contribution < -0.4 is 0 Å². The number of benzene rings is 2. The number of allylic oxidation sites excluding steroid dienone is 8. The van der Waals surface area contributed by atoms with Gasteiger partial charge in [-0.25, -0.2) is 36.0 Å². The molecule has 0 aliphatic heterocycles. The van der Waals surface area contributed by atoms with E-state index in [1.165, 1.54) is 24.3 Å². The maximum Gasteiger partial charge on any atom is 2.00 e. The molecule has 0 unspecified atom stereocenters. The first-order chi connectivity index (χ1) is 36.6. The van der Waals surface area contributed by atoms with Crippen molar-refractivity contribution < 1.29 is 64.1 Å². The van der Waals surface area contributed by atoms with Crippen LogP contribution in [0.25, 0.3) is 0 Å². The zero-order valence-electron chi connectivity index (χ0n) is 46.9. The molecule has 2 aromatic carbocycles. The number of esters is 4. The molecule has 0 N–H and O–H groups in total. The molecule has 0 aromatic heterocycles. The molecule has 0 amide bonds. The number of unbranched alkanes of at least 4 members (excludes halogenated alkanes) is 24. The first-order valence-electron chi connectivity index (χ1n) is 28.0. The summed E-state index contributed by atoms with van der Waals surface area (Å²) in [7, 11) is -10.00. The van der Waals surface area contributed by atoms with Crippen molar-refractivity contribution in [2.45, 2.75) is 217 Å². The molecular weight excluding hydrogens is 1050 g/mol. The Kier molecular flexibility index (Phi) is 45.0. The molecule has 0 aliphatic rings. The van der Waals surface area contributed by atoms with Crippen molar-refractivity contribution in [1.29, 1.82) is 0 Å². The number of carbonyl (C=O) groups excluding carboxylic acids is 4. The average Bonchev–Trinajstić information content (AvgIpc) is 3.39. The van der Waals surface area contributed by atoms with Crippen LogP contribution in [0.15, 0.2) is 94.8 Å². The molecule has 17 heteroatoms. The fourth-order valence-electron chi connectivity index (χ4n) is 8.15. The van der Waals surface area contributed by atoms with Crippen LogP contribution in [0.4, 0.5) is 0 Å². The van der Waals surface area contributed by atoms with Gasteiger partial charge in [-0.05, 0) is 129 Å². The number of rotatable bonds is 42. The largest absolute Gasteiger partial charge is 2.00 e. The van der Waals surface area contributed by atoms with Crippen LogP contribution in [-0.2, 0) is 39.2 Å². The van der Waals surface area contributed by atoms with E-state index in [0.717, 1.165) is 166 Å². The van der Waals surface area contributed by atoms with Crippen LogP contribution >= 0.6 is 0 Å². The summed E-state index contributed by atoms with van der Waals surface area (Å²) in [6, 6.07) is 7.10. The van der Waals surface area contributed by atoms with E-state index in [4.69, 9.17) is 18.9 Å². The number of hydrogen-bond acceptors (Lipinski definition) is 14. The predicted octanol–water partition coefficient (Wildman–Crippen LogP) is 14.7. The van der Waals surface area contributed by atoms with Crippen LogP contribution in [0.5, 0.6) is 0 Å². The third-order valence-corrected chi connectivity index (χ3v) is 14.1. The Bertz CT molecular complexity index is 2130. The van der Waals surface area contributed by atoms with Gasteiger partial charge in [0.1, 0.15) is 20.2 Å². The monoisotopic (exact) mass is 1140 g/mol. The third-order valence-electron chi connectivity index (χ3n) is 12.4. The molecule has 2 rings (SSSR count). The van der Waals surface area contributed by atoms with Gasteiger partial charge in [0.2, 0.25) is 0 Å². The topological polar surface area (TPSA) is 220 Å². The Morgan fingerprint density at radius 1 is 0.364 bits per heavy atom. The van der Waals surface area contributed by atoms with Crippen molar-refractivity contribution in [3.05, 3.63) is 107 Å². The molecule has 2 aromatic rings. The SMILES string of the molecule is C/C=C/CCCCCCCCOC(=O)c1cccc(S(=O)(=O)[O-])c1C(=O)OCCCCCCCC/C=C/C.C/C=C/CCCCCCCCOC(=O)c1cccc(S(=O)(=O)[O-])c1C(=O)OCCCCCCCC/C=C/C.[Ca+2]. The summed E-state index contributed by atoms with van der Waals surface area (Å²) in [4.78, 5) is 49.4. The van der Waals surface area contributed by atoms with Gasteiger partial charge in [-0.15, -0.1) is 0 Å². The van der Waals surface area contributed by atoms with E-state index >= 15 is 0 Å². The smallest absolute Gasteiger partial charge is 0.744 e. The molecule has 0 saturated heterocycles. The molecular formula is C60H90CaO14S2. The van der Waals surface area contributed by atoms with E-state index < -0.39 is 65.0 Å². The average molecular weight is 1140 g/mol. The molecule has 0 aliphatic carbocycles. The molecule has 0 fully saturated rings. The fraction of sp³-hybridized carbons (Fsp3) is 0.600. The molecule has 0 spiro atoms. The Morgan fingerprint density at radius 3 is 0.818 bits per heavy atom. The summed E-state index contributed by atoms with van der Waals surface area (Å²) < 4.78 is 91.9. The van der Waals surface area contributed by atoms with Crippen molar-refractivity contribution in [3.63, 3.8) is 0 Å². The second-order valence-electron chi connectivity index (χ2n) is 18.7. The predicted molar refractivity (Wildman–Crippen MR) is 304 cm³/mol. The number of ether oxygens (including phenoxy) is 4. The van der Waals surface area contributed by atoms with E-state index in [-0.39, 0.29) is 75.3 Å². The normalized spacial score (nSPS) is 11.7. The zero-order valence-corrected chi connectivity index (χ0v) is 50.8. The molecule has 77 heavy (non-hydrogen) atoms. The van der Waals surface area contributed by atoms with Crippen molar-refractivity contribution in [2.24, 2.45) is 0 Å². The first kappa shape index (κ1) is 73.4. The Morgan fingerprint density at radius 2 is 0.584 bits per heavy atom. The van der Waals surface area contributed by atoms with Crippen molar-refractivity contribution in [3.8, 4) is 0 Å². The third kappa shape index (κ3) is 35.6. The van der Waals surface area contributed by atoms with Crippen LogP contribution in [0, 0.1) is 0 Å². The summed E-state index contributed by atoms with van der Waals surface area (Å²) in [6.45, 7) is 8.50. The van der Waals surface area contributed by atoms with Crippen molar-refractivity contribution >= 4 is 81.9 Å². The van der Waals surface area contributed by atoms with E-state index in [9.17, 15) is 45.1 Å². The minimum absolute atomic E-state index is 0. The van der Waals surface area contributed by atoms with Crippen LogP contribution in [-0.4, -0.2) is 114 Å². The van der Waals surface area contributed by atoms with Gasteiger partial charge in [-0.1, -0.05) is 163 Å². The molecule has 0 atom stereocenters. The number of hydrogen-bond donors (Lipinski definition) is 0. The summed E-state index contributed by atoms with van der Waals surface area (Å²) in [6.07, 6.45) is 44.9. The van der Waals surface area contributed by atoms with Crippen LogP contribution in [0.1, 0.15) is 249 Å². The van der Waals surface area contributed by atoms with E-state index in [2.05, 4.69) is 36.5 Å². The zero-order chi connectivity index (χ0) is 56.1. The first-order valence-corrected chi connectivity index (χ1v) is 30.8. The van der Waals surface area contributed by atoms with Gasteiger partial charge in [0, 0.05) is 0 Å². The van der Waals surface area contributed by atoms with Gasteiger partial charge in [0.05, 0.1) is 58.5 Å². The standard InChI is InChI=1S/2C30H46O7S.Ca/c2*1-3-5-7-9-11-13-15-17-19-24-36-29(31)26-22-21-23-27(38(33,34)35)28(26)30(32)37-25-20-18-16-14-12-10-8-6-4-2;/h2*3-6,21-23H,7-20,24-25H2,1-2H3,(H,33,34,35);/q;;+2/p-2/b2*5-3+,6-4+;. The van der Waals surface area contributed by atoms with E-state index in [1.807, 2.05) is 39.8 Å². The molecule has 0 heterocycles. The Balaban J connectivity index is 0.00000148. The Hall–Kier alpha value is -3.64. The van der Waals surface area contributed by atoms with Gasteiger partial charge >= 0.3 is 61.6 Å². The second-order valence-corrected chi connectivity index (χ2v) is 21.4. The fourth-order valence-corrected chi connectivity index (χ4v) is 9.53. The summed E-state index contributed by atoms with van der Waals surface area (Å²) >= 11 is 0. The quantitative estimate of drug-likeness (QED) is 0.0151. The minimum atomic E-state index is -5.00. The molecule has 0 saturated carbocycles. The van der Waals surface area contributed by atoms with Gasteiger partial charge in [-0.3, -0.25) is 0 Å². The number of carbonyl (C=O) groups is 4. The summed E-state index contributed by atoms with van der Waals surface area (Å²) in [5, 5.41) is 0.